The number of aryl methyl sites for hydroxylation is 4. The zero-order valence-electron chi connectivity index (χ0n) is 29.3. The SMILES string of the molecule is Cc1cc(C)cc(N(c2ccc(/C=C/c3ccc(N(c4ccccc4)c4ccc(C(C)(C)C)cc4)cc3)cc2)c2cc(C)cc(C)c2)c1. The molecule has 0 saturated heterocycles. The number of para-hydroxylation sites is 1. The molecule has 2 heteroatoms. The molecule has 6 aromatic rings. The Kier molecular flexibility index (Phi) is 9.37. The lowest BCUT2D eigenvalue weighted by atomic mass is 9.87. The minimum Gasteiger partial charge on any atom is -0.311 e. The van der Waals surface area contributed by atoms with Gasteiger partial charge in [0.25, 0.3) is 0 Å². The molecule has 6 rings (SSSR count). The predicted octanol–water partition coefficient (Wildman–Crippen LogP) is 13.3. The standard InChI is InChI=1S/C46H46N2/c1-33-27-34(2)30-44(29-33)48(45-31-35(3)28-36(4)32-45)42-23-17-38(18-24-42)14-13-37-15-21-41(22-16-37)47(40-11-9-8-10-12-40)43-25-19-39(20-26-43)46(5,6)7/h8-32H,1-7H3/b14-13+. The molecule has 0 aliphatic heterocycles. The second-order valence-electron chi connectivity index (χ2n) is 14.0. The van der Waals surface area contributed by atoms with Crippen molar-refractivity contribution in [1.82, 2.24) is 0 Å². The maximum Gasteiger partial charge on any atom is 0.0466 e. The molecule has 48 heavy (non-hydrogen) atoms. The van der Waals surface area contributed by atoms with E-state index in [1.807, 2.05) is 0 Å². The lowest BCUT2D eigenvalue weighted by molar-refractivity contribution is 0.590. The Balaban J connectivity index is 1.25. The molecule has 0 N–H and O–H groups in total. The Morgan fingerprint density at radius 2 is 0.708 bits per heavy atom. The van der Waals surface area contributed by atoms with Crippen molar-refractivity contribution in [3.05, 3.63) is 178 Å². The van der Waals surface area contributed by atoms with Crippen LogP contribution in [0, 0.1) is 27.7 Å². The summed E-state index contributed by atoms with van der Waals surface area (Å²) in [6, 6.07) is 50.7. The molecule has 0 atom stereocenters. The lowest BCUT2D eigenvalue weighted by Crippen LogP contribution is -2.13. The molecule has 0 aromatic heterocycles. The van der Waals surface area contributed by atoms with Crippen molar-refractivity contribution < 1.29 is 0 Å². The molecule has 0 aliphatic carbocycles. The van der Waals surface area contributed by atoms with Gasteiger partial charge in [-0.2, -0.15) is 0 Å². The van der Waals surface area contributed by atoms with Gasteiger partial charge in [-0.15, -0.1) is 0 Å². The lowest BCUT2D eigenvalue weighted by Gasteiger charge is -2.27. The maximum absolute atomic E-state index is 2.36. The molecule has 6 aromatic carbocycles. The predicted molar refractivity (Wildman–Crippen MR) is 209 cm³/mol. The Morgan fingerprint density at radius 3 is 1.08 bits per heavy atom. The van der Waals surface area contributed by atoms with Crippen molar-refractivity contribution in [3.63, 3.8) is 0 Å². The first-order valence-corrected chi connectivity index (χ1v) is 16.8. The highest BCUT2D eigenvalue weighted by Crippen LogP contribution is 2.38. The largest absolute Gasteiger partial charge is 0.311 e. The zero-order chi connectivity index (χ0) is 33.8. The Morgan fingerprint density at radius 1 is 0.375 bits per heavy atom. The first-order chi connectivity index (χ1) is 23.0. The normalized spacial score (nSPS) is 11.6. The molecule has 0 fully saturated rings. The van der Waals surface area contributed by atoms with E-state index in [0.717, 1.165) is 33.9 Å². The minimum atomic E-state index is 0.115. The third-order valence-corrected chi connectivity index (χ3v) is 8.71. The van der Waals surface area contributed by atoms with Crippen LogP contribution in [0.4, 0.5) is 34.1 Å². The van der Waals surface area contributed by atoms with Crippen molar-refractivity contribution in [2.75, 3.05) is 9.80 Å². The molecule has 0 saturated carbocycles. The number of hydrogen-bond acceptors (Lipinski definition) is 2. The minimum absolute atomic E-state index is 0.115. The monoisotopic (exact) mass is 626 g/mol. The van der Waals surface area contributed by atoms with Crippen LogP contribution in [-0.2, 0) is 5.41 Å². The summed E-state index contributed by atoms with van der Waals surface area (Å²) in [6.07, 6.45) is 4.38. The highest BCUT2D eigenvalue weighted by Gasteiger charge is 2.17. The Bertz CT molecular complexity index is 1920. The van der Waals surface area contributed by atoms with E-state index in [4.69, 9.17) is 0 Å². The Hall–Kier alpha value is -5.34. The first kappa shape index (κ1) is 32.6. The van der Waals surface area contributed by atoms with Crippen molar-refractivity contribution >= 4 is 46.3 Å². The van der Waals surface area contributed by atoms with Gasteiger partial charge in [0.15, 0.2) is 0 Å². The fourth-order valence-electron chi connectivity index (χ4n) is 6.40. The van der Waals surface area contributed by atoms with E-state index in [9.17, 15) is 0 Å². The van der Waals surface area contributed by atoms with E-state index in [2.05, 4.69) is 210 Å². The van der Waals surface area contributed by atoms with E-state index in [1.54, 1.807) is 0 Å². The number of anilines is 6. The van der Waals surface area contributed by atoms with Crippen molar-refractivity contribution in [2.24, 2.45) is 0 Å². The zero-order valence-corrected chi connectivity index (χ0v) is 29.3. The molecule has 0 aliphatic rings. The summed E-state index contributed by atoms with van der Waals surface area (Å²) in [4.78, 5) is 4.68. The van der Waals surface area contributed by atoms with Crippen molar-refractivity contribution in [3.8, 4) is 0 Å². The second kappa shape index (κ2) is 13.8. The quantitative estimate of drug-likeness (QED) is 0.155. The van der Waals surface area contributed by atoms with Crippen LogP contribution in [0.25, 0.3) is 12.2 Å². The van der Waals surface area contributed by atoms with Crippen LogP contribution in [0.1, 0.15) is 59.7 Å². The van der Waals surface area contributed by atoms with Gasteiger partial charge < -0.3 is 9.80 Å². The van der Waals surface area contributed by atoms with Gasteiger partial charge >= 0.3 is 0 Å². The molecule has 2 nitrogen and oxygen atoms in total. The van der Waals surface area contributed by atoms with Gasteiger partial charge in [0, 0.05) is 34.1 Å². The molecule has 0 heterocycles. The highest BCUT2D eigenvalue weighted by atomic mass is 15.1. The average Bonchev–Trinajstić information content (AvgIpc) is 3.05. The van der Waals surface area contributed by atoms with E-state index in [0.29, 0.717) is 0 Å². The van der Waals surface area contributed by atoms with Crippen LogP contribution in [-0.4, -0.2) is 0 Å². The molecule has 0 bridgehead atoms. The van der Waals surface area contributed by atoms with Crippen LogP contribution in [0.3, 0.4) is 0 Å². The van der Waals surface area contributed by atoms with E-state index in [-0.39, 0.29) is 5.41 Å². The van der Waals surface area contributed by atoms with Crippen LogP contribution in [0.2, 0.25) is 0 Å². The van der Waals surface area contributed by atoms with E-state index >= 15 is 0 Å². The summed E-state index contributed by atoms with van der Waals surface area (Å²) in [7, 11) is 0. The molecule has 0 unspecified atom stereocenters. The number of benzene rings is 6. The molecule has 0 spiro atoms. The van der Waals surface area contributed by atoms with E-state index < -0.39 is 0 Å². The first-order valence-electron chi connectivity index (χ1n) is 16.8. The summed E-state index contributed by atoms with van der Waals surface area (Å²) in [5.41, 5.74) is 15.7. The number of rotatable bonds is 8. The van der Waals surface area contributed by atoms with Crippen LogP contribution >= 0.6 is 0 Å². The van der Waals surface area contributed by atoms with Gasteiger partial charge in [-0.25, -0.2) is 0 Å². The van der Waals surface area contributed by atoms with Crippen LogP contribution < -0.4 is 9.80 Å². The van der Waals surface area contributed by atoms with Gasteiger partial charge in [-0.05, 0) is 145 Å². The number of nitrogens with zero attached hydrogens (tertiary/aromatic N) is 2. The summed E-state index contributed by atoms with van der Waals surface area (Å²) in [6.45, 7) is 15.4. The molecular formula is C46H46N2. The van der Waals surface area contributed by atoms with Crippen LogP contribution in [0.15, 0.2) is 140 Å². The van der Waals surface area contributed by atoms with Crippen molar-refractivity contribution in [1.29, 1.82) is 0 Å². The molecular weight excluding hydrogens is 581 g/mol. The van der Waals surface area contributed by atoms with Crippen molar-refractivity contribution in [2.45, 2.75) is 53.9 Å². The average molecular weight is 627 g/mol. The van der Waals surface area contributed by atoms with E-state index in [1.165, 1.54) is 39.2 Å². The van der Waals surface area contributed by atoms with Gasteiger partial charge in [-0.3, -0.25) is 0 Å². The molecule has 0 amide bonds. The fraction of sp³-hybridized carbons (Fsp3) is 0.174. The fourth-order valence-corrected chi connectivity index (χ4v) is 6.40. The second-order valence-corrected chi connectivity index (χ2v) is 14.0. The third-order valence-electron chi connectivity index (χ3n) is 8.71. The third kappa shape index (κ3) is 7.61. The summed E-state index contributed by atoms with van der Waals surface area (Å²) < 4.78 is 0. The van der Waals surface area contributed by atoms with Gasteiger partial charge in [-0.1, -0.05) is 99.7 Å². The topological polar surface area (TPSA) is 6.48 Å². The molecule has 0 radical (unpaired) electrons. The maximum atomic E-state index is 2.36. The summed E-state index contributed by atoms with van der Waals surface area (Å²) in [5, 5.41) is 0. The summed E-state index contributed by atoms with van der Waals surface area (Å²) >= 11 is 0. The van der Waals surface area contributed by atoms with Gasteiger partial charge in [0.05, 0.1) is 0 Å². The van der Waals surface area contributed by atoms with Crippen LogP contribution in [0.5, 0.6) is 0 Å². The van der Waals surface area contributed by atoms with Gasteiger partial charge in [0.1, 0.15) is 0 Å². The molecule has 240 valence electrons. The summed E-state index contributed by atoms with van der Waals surface area (Å²) in [5.74, 6) is 0. The Labute approximate surface area is 287 Å². The number of hydrogen-bond donors (Lipinski definition) is 0. The smallest absolute Gasteiger partial charge is 0.0466 e. The highest BCUT2D eigenvalue weighted by molar-refractivity contribution is 5.80. The van der Waals surface area contributed by atoms with Gasteiger partial charge in [0.2, 0.25) is 0 Å².